The van der Waals surface area contributed by atoms with Crippen molar-refractivity contribution < 1.29 is 14.1 Å². The molecule has 1 heterocycles. The second-order valence-electron chi connectivity index (χ2n) is 7.83. The maximum Gasteiger partial charge on any atom is 0.303 e. The molecular formula is C22H33ClN2O3. The lowest BCUT2D eigenvalue weighted by molar-refractivity contribution is -0.151. The zero-order chi connectivity index (χ0) is 21.2. The van der Waals surface area contributed by atoms with E-state index in [0.29, 0.717) is 12.3 Å². The molecule has 0 spiro atoms. The minimum absolute atomic E-state index is 0.225. The number of hydrogen-bond acceptors (Lipinski definition) is 5. The van der Waals surface area contributed by atoms with Crippen molar-refractivity contribution in [2.24, 2.45) is 0 Å². The zero-order valence-electron chi connectivity index (χ0n) is 17.9. The third-order valence-electron chi connectivity index (χ3n) is 3.83. The maximum absolute atomic E-state index is 10.2. The quantitative estimate of drug-likeness (QED) is 0.499. The molecule has 0 unspecified atom stereocenters. The lowest BCUT2D eigenvalue weighted by Gasteiger charge is -2.17. The summed E-state index contributed by atoms with van der Waals surface area (Å²) in [7, 11) is 0. The van der Waals surface area contributed by atoms with Gasteiger partial charge in [-0.15, -0.1) is 0 Å². The summed E-state index contributed by atoms with van der Waals surface area (Å²) in [5, 5.41) is 4.84. The highest BCUT2D eigenvalue weighted by Gasteiger charge is 2.17. The number of carbonyl (C=O) groups is 1. The number of rotatable bonds is 7. The molecule has 0 aliphatic heterocycles. The van der Waals surface area contributed by atoms with Gasteiger partial charge in [0.15, 0.2) is 5.82 Å². The third-order valence-corrected chi connectivity index (χ3v) is 4.08. The Hall–Kier alpha value is -1.88. The smallest absolute Gasteiger partial charge is 0.303 e. The van der Waals surface area contributed by atoms with Gasteiger partial charge in [-0.2, -0.15) is 4.98 Å². The Morgan fingerprint density at radius 3 is 2.14 bits per heavy atom. The predicted molar refractivity (Wildman–Crippen MR) is 113 cm³/mol. The van der Waals surface area contributed by atoms with Crippen LogP contribution in [0, 0.1) is 0 Å². The monoisotopic (exact) mass is 408 g/mol. The summed E-state index contributed by atoms with van der Waals surface area (Å²) in [6.07, 6.45) is 5.18. The molecule has 6 heteroatoms. The van der Waals surface area contributed by atoms with Crippen LogP contribution in [0.15, 0.2) is 28.8 Å². The molecule has 0 atom stereocenters. The molecule has 2 rings (SSSR count). The van der Waals surface area contributed by atoms with Gasteiger partial charge in [-0.1, -0.05) is 55.6 Å². The van der Waals surface area contributed by atoms with Gasteiger partial charge < -0.3 is 9.26 Å². The van der Waals surface area contributed by atoms with Crippen LogP contribution in [0.25, 0.3) is 0 Å². The molecule has 1 aromatic carbocycles. The summed E-state index contributed by atoms with van der Waals surface area (Å²) in [5.41, 5.74) is 0.815. The third kappa shape index (κ3) is 9.88. The van der Waals surface area contributed by atoms with E-state index < -0.39 is 0 Å². The second kappa shape index (κ2) is 11.8. The van der Waals surface area contributed by atoms with E-state index in [-0.39, 0.29) is 11.6 Å². The van der Waals surface area contributed by atoms with Crippen molar-refractivity contribution in [2.75, 3.05) is 0 Å². The fourth-order valence-corrected chi connectivity index (χ4v) is 2.94. The van der Waals surface area contributed by atoms with Gasteiger partial charge in [0, 0.05) is 24.3 Å². The van der Waals surface area contributed by atoms with E-state index >= 15 is 0 Å². The molecule has 0 radical (unpaired) electrons. The lowest BCUT2D eigenvalue weighted by atomic mass is 9.98. The summed E-state index contributed by atoms with van der Waals surface area (Å²) in [4.78, 5) is 14.8. The van der Waals surface area contributed by atoms with Gasteiger partial charge in [0.1, 0.15) is 5.60 Å². The molecule has 2 aromatic rings. The molecule has 0 N–H and O–H groups in total. The van der Waals surface area contributed by atoms with E-state index in [1.54, 1.807) is 0 Å². The van der Waals surface area contributed by atoms with Crippen LogP contribution < -0.4 is 0 Å². The number of halogens is 1. The van der Waals surface area contributed by atoms with Crippen LogP contribution in [0.2, 0.25) is 5.02 Å². The number of esters is 1. The number of aromatic nitrogens is 2. The van der Waals surface area contributed by atoms with Crippen LogP contribution in [0.4, 0.5) is 0 Å². The van der Waals surface area contributed by atoms with Crippen molar-refractivity contribution >= 4 is 17.6 Å². The van der Waals surface area contributed by atoms with E-state index in [2.05, 4.69) is 24.0 Å². The molecule has 0 aliphatic rings. The van der Waals surface area contributed by atoms with Crippen LogP contribution in [0.5, 0.6) is 0 Å². The minimum atomic E-state index is -0.328. The Kier molecular flexibility index (Phi) is 10.2. The lowest BCUT2D eigenvalue weighted by Crippen LogP contribution is -2.21. The molecule has 0 amide bonds. The summed E-state index contributed by atoms with van der Waals surface area (Å²) < 4.78 is 10.2. The van der Waals surface area contributed by atoms with Crippen LogP contribution in [0.1, 0.15) is 90.4 Å². The van der Waals surface area contributed by atoms with Gasteiger partial charge in [0.05, 0.1) is 0 Å². The molecule has 28 heavy (non-hydrogen) atoms. The number of nitrogens with zero attached hydrogens (tertiary/aromatic N) is 2. The van der Waals surface area contributed by atoms with E-state index in [4.69, 9.17) is 20.9 Å². The SMILES string of the molecule is CC(=O)OC(C)(C)C.CCCC(CCC)c1nc(Cc2ccc(Cl)cc2)no1. The molecule has 1 aromatic heterocycles. The van der Waals surface area contributed by atoms with Crippen molar-refractivity contribution in [1.29, 1.82) is 0 Å². The van der Waals surface area contributed by atoms with Gasteiger partial charge in [0.25, 0.3) is 0 Å². The highest BCUT2D eigenvalue weighted by molar-refractivity contribution is 6.30. The summed E-state index contributed by atoms with van der Waals surface area (Å²) in [6, 6.07) is 7.76. The molecule has 0 bridgehead atoms. The van der Waals surface area contributed by atoms with E-state index in [1.165, 1.54) is 6.92 Å². The van der Waals surface area contributed by atoms with E-state index in [1.807, 2.05) is 45.0 Å². The average molecular weight is 409 g/mol. The minimum Gasteiger partial charge on any atom is -0.460 e. The van der Waals surface area contributed by atoms with Gasteiger partial charge in [-0.3, -0.25) is 4.79 Å². The van der Waals surface area contributed by atoms with Crippen LogP contribution in [0.3, 0.4) is 0 Å². The Morgan fingerprint density at radius 1 is 1.14 bits per heavy atom. The normalized spacial score (nSPS) is 11.1. The molecule has 0 fully saturated rings. The van der Waals surface area contributed by atoms with Crippen molar-refractivity contribution in [1.82, 2.24) is 10.1 Å². The van der Waals surface area contributed by atoms with Crippen molar-refractivity contribution in [3.8, 4) is 0 Å². The van der Waals surface area contributed by atoms with Gasteiger partial charge in [-0.25, -0.2) is 0 Å². The molecular weight excluding hydrogens is 376 g/mol. The van der Waals surface area contributed by atoms with E-state index in [9.17, 15) is 4.79 Å². The fraction of sp³-hybridized carbons (Fsp3) is 0.591. The first-order valence-corrected chi connectivity index (χ1v) is 10.3. The van der Waals surface area contributed by atoms with Gasteiger partial charge >= 0.3 is 5.97 Å². The Morgan fingerprint density at radius 2 is 1.71 bits per heavy atom. The Labute approximate surface area is 173 Å². The van der Waals surface area contributed by atoms with E-state index in [0.717, 1.165) is 48.0 Å². The first-order chi connectivity index (χ1) is 13.1. The highest BCUT2D eigenvalue weighted by Crippen LogP contribution is 2.25. The highest BCUT2D eigenvalue weighted by atomic mass is 35.5. The molecule has 0 saturated carbocycles. The predicted octanol–water partition coefficient (Wildman–Crippen LogP) is 6.35. The first kappa shape index (κ1) is 24.2. The summed E-state index contributed by atoms with van der Waals surface area (Å²) >= 11 is 5.88. The number of ether oxygens (including phenoxy) is 1. The fourth-order valence-electron chi connectivity index (χ4n) is 2.81. The second-order valence-corrected chi connectivity index (χ2v) is 8.27. The van der Waals surface area contributed by atoms with Crippen LogP contribution in [-0.2, 0) is 16.0 Å². The maximum atomic E-state index is 10.2. The molecule has 0 saturated heterocycles. The van der Waals surface area contributed by atoms with Crippen molar-refractivity contribution in [3.63, 3.8) is 0 Å². The Bertz CT molecular complexity index is 699. The summed E-state index contributed by atoms with van der Waals surface area (Å²) in [5.74, 6) is 1.71. The summed E-state index contributed by atoms with van der Waals surface area (Å²) in [6.45, 7) is 11.3. The molecule has 0 aliphatic carbocycles. The number of carbonyl (C=O) groups excluding carboxylic acids is 1. The van der Waals surface area contributed by atoms with Gasteiger partial charge in [-0.05, 0) is 51.3 Å². The number of hydrogen-bond donors (Lipinski definition) is 0. The number of benzene rings is 1. The average Bonchev–Trinajstić information content (AvgIpc) is 3.03. The van der Waals surface area contributed by atoms with Crippen molar-refractivity contribution in [2.45, 2.75) is 85.2 Å². The van der Waals surface area contributed by atoms with Crippen molar-refractivity contribution in [3.05, 3.63) is 46.6 Å². The zero-order valence-corrected chi connectivity index (χ0v) is 18.7. The van der Waals surface area contributed by atoms with Crippen LogP contribution >= 0.6 is 11.6 Å². The van der Waals surface area contributed by atoms with Gasteiger partial charge in [0.2, 0.25) is 5.89 Å². The van der Waals surface area contributed by atoms with Crippen LogP contribution in [-0.4, -0.2) is 21.7 Å². The standard InChI is InChI=1S/C16H21ClN2O.C6H12O2/c1-3-5-13(6-4-2)16-18-15(19-20-16)11-12-7-9-14(17)10-8-12;1-5(7)8-6(2,3)4/h7-10,13H,3-6,11H2,1-2H3;1-4H3. The Balaban J connectivity index is 0.000000416. The molecule has 5 nitrogen and oxygen atoms in total. The largest absolute Gasteiger partial charge is 0.460 e. The molecule has 156 valence electrons. The first-order valence-electron chi connectivity index (χ1n) is 9.91. The topological polar surface area (TPSA) is 65.2 Å².